The summed E-state index contributed by atoms with van der Waals surface area (Å²) in [5, 5.41) is 8.65. The molecule has 0 amide bonds. The maximum absolute atomic E-state index is 4.86. The van der Waals surface area contributed by atoms with Crippen LogP contribution in [-0.2, 0) is 0 Å². The predicted molar refractivity (Wildman–Crippen MR) is 90.0 cm³/mol. The molecule has 1 aromatic carbocycles. The summed E-state index contributed by atoms with van der Waals surface area (Å²) in [4.78, 5) is 7.34. The Labute approximate surface area is 137 Å². The van der Waals surface area contributed by atoms with Gasteiger partial charge in [-0.15, -0.1) is 5.10 Å². The fourth-order valence-electron chi connectivity index (χ4n) is 5.19. The third-order valence-corrected chi connectivity index (χ3v) is 5.98. The minimum absolute atomic E-state index is 0.624. The molecule has 0 spiro atoms. The number of nitrogens with zero attached hydrogens (tertiary/aromatic N) is 4. The molecule has 2 saturated heterocycles. The second-order valence-corrected chi connectivity index (χ2v) is 7.59. The average Bonchev–Trinajstić information content (AvgIpc) is 2.79. The van der Waals surface area contributed by atoms with E-state index in [0.717, 1.165) is 41.5 Å². The van der Waals surface area contributed by atoms with Crippen LogP contribution in [0.15, 0.2) is 36.5 Å². The van der Waals surface area contributed by atoms with E-state index < -0.39 is 0 Å². The summed E-state index contributed by atoms with van der Waals surface area (Å²) >= 11 is 0. The molecule has 6 rings (SSSR count). The van der Waals surface area contributed by atoms with Gasteiger partial charge in [0.15, 0.2) is 0 Å². The van der Waals surface area contributed by atoms with Crippen molar-refractivity contribution >= 4 is 5.95 Å². The van der Waals surface area contributed by atoms with Crippen molar-refractivity contribution in [3.05, 3.63) is 36.5 Å². The first kappa shape index (κ1) is 13.5. The molecular weight excluding hydrogens is 284 g/mol. The monoisotopic (exact) mass is 306 g/mol. The van der Waals surface area contributed by atoms with E-state index in [1.54, 1.807) is 6.20 Å². The number of hydrogen-bond acceptors (Lipinski definition) is 4. The summed E-state index contributed by atoms with van der Waals surface area (Å²) in [6.45, 7) is 1.12. The van der Waals surface area contributed by atoms with Crippen molar-refractivity contribution in [1.82, 2.24) is 15.2 Å². The molecule has 0 N–H and O–H groups in total. The molecule has 3 heterocycles. The van der Waals surface area contributed by atoms with Gasteiger partial charge in [0, 0.05) is 18.2 Å². The second-order valence-electron chi connectivity index (χ2n) is 7.59. The highest BCUT2D eigenvalue weighted by atomic mass is 15.3. The van der Waals surface area contributed by atoms with Crippen LogP contribution in [0.3, 0.4) is 0 Å². The SMILES string of the molecule is c1ccc(-c2cnnc(N3CC4C[C@@H]5CC3C[C@H](C4)C5)n2)cc1. The van der Waals surface area contributed by atoms with Crippen molar-refractivity contribution in [1.29, 1.82) is 0 Å². The summed E-state index contributed by atoms with van der Waals surface area (Å²) in [6, 6.07) is 10.9. The van der Waals surface area contributed by atoms with E-state index in [2.05, 4.69) is 27.2 Å². The van der Waals surface area contributed by atoms with Gasteiger partial charge in [-0.3, -0.25) is 0 Å². The Kier molecular flexibility index (Phi) is 3.10. The summed E-state index contributed by atoms with van der Waals surface area (Å²) in [5.41, 5.74) is 2.05. The molecule has 4 fully saturated rings. The van der Waals surface area contributed by atoms with Crippen LogP contribution in [0, 0.1) is 17.8 Å². The fourth-order valence-corrected chi connectivity index (χ4v) is 5.19. The fraction of sp³-hybridized carbons (Fsp3) is 0.526. The second kappa shape index (κ2) is 5.29. The Morgan fingerprint density at radius 2 is 1.61 bits per heavy atom. The molecule has 4 nitrogen and oxygen atoms in total. The van der Waals surface area contributed by atoms with Crippen molar-refractivity contribution in [3.8, 4) is 11.3 Å². The van der Waals surface area contributed by atoms with E-state index in [-0.39, 0.29) is 0 Å². The molecule has 0 radical (unpaired) electrons. The van der Waals surface area contributed by atoms with Crippen LogP contribution in [0.5, 0.6) is 0 Å². The van der Waals surface area contributed by atoms with E-state index in [9.17, 15) is 0 Å². The van der Waals surface area contributed by atoms with E-state index in [1.165, 1.54) is 32.1 Å². The lowest BCUT2D eigenvalue weighted by Gasteiger charge is -2.38. The number of hydrogen-bond donors (Lipinski definition) is 0. The molecule has 2 unspecified atom stereocenters. The Morgan fingerprint density at radius 1 is 0.870 bits per heavy atom. The Balaban J connectivity index is 1.50. The first-order valence-corrected chi connectivity index (χ1v) is 8.87. The standard InChI is InChI=1S/C19H22N4/c1-2-4-16(5-3-1)18-11-20-22-19(21-18)23-12-15-7-13-6-14(8-15)10-17(23)9-13/h1-5,11,13-15,17H,6-10,12H2/t13-,14+,15?,17?. The van der Waals surface area contributed by atoms with E-state index in [1.807, 2.05) is 18.2 Å². The van der Waals surface area contributed by atoms with E-state index in [0.29, 0.717) is 6.04 Å². The van der Waals surface area contributed by atoms with Crippen LogP contribution in [0.2, 0.25) is 0 Å². The number of rotatable bonds is 2. The van der Waals surface area contributed by atoms with E-state index >= 15 is 0 Å². The van der Waals surface area contributed by atoms with Crippen molar-refractivity contribution in [3.63, 3.8) is 0 Å². The number of anilines is 1. The molecule has 2 aliphatic carbocycles. The van der Waals surface area contributed by atoms with Crippen LogP contribution < -0.4 is 4.90 Å². The van der Waals surface area contributed by atoms with Gasteiger partial charge in [0.2, 0.25) is 5.95 Å². The molecule has 4 heteroatoms. The topological polar surface area (TPSA) is 41.9 Å². The zero-order valence-corrected chi connectivity index (χ0v) is 13.3. The third-order valence-electron chi connectivity index (χ3n) is 5.98. The summed E-state index contributed by atoms with van der Waals surface area (Å²) in [7, 11) is 0. The summed E-state index contributed by atoms with van der Waals surface area (Å²) in [6.07, 6.45) is 8.71. The maximum atomic E-state index is 4.86. The Hall–Kier alpha value is -1.97. The lowest BCUT2D eigenvalue weighted by molar-refractivity contribution is 0.157. The average molecular weight is 306 g/mol. The van der Waals surface area contributed by atoms with Gasteiger partial charge in [0.05, 0.1) is 11.9 Å². The lowest BCUT2D eigenvalue weighted by Crippen LogP contribution is -2.39. The van der Waals surface area contributed by atoms with Crippen LogP contribution >= 0.6 is 0 Å². The van der Waals surface area contributed by atoms with Crippen LogP contribution in [-0.4, -0.2) is 27.8 Å². The van der Waals surface area contributed by atoms with Crippen molar-refractivity contribution in [2.75, 3.05) is 11.4 Å². The van der Waals surface area contributed by atoms with Crippen LogP contribution in [0.1, 0.15) is 32.1 Å². The van der Waals surface area contributed by atoms with Crippen LogP contribution in [0.4, 0.5) is 5.95 Å². The van der Waals surface area contributed by atoms with Gasteiger partial charge >= 0.3 is 0 Å². The van der Waals surface area contributed by atoms with Crippen molar-refractivity contribution in [2.45, 2.75) is 38.1 Å². The smallest absolute Gasteiger partial charge is 0.246 e. The summed E-state index contributed by atoms with van der Waals surface area (Å²) in [5.74, 6) is 3.54. The molecule has 2 saturated carbocycles. The zero-order valence-electron chi connectivity index (χ0n) is 13.3. The quantitative estimate of drug-likeness (QED) is 0.851. The minimum Gasteiger partial charge on any atom is -0.336 e. The predicted octanol–water partition coefficient (Wildman–Crippen LogP) is 3.55. The molecule has 23 heavy (non-hydrogen) atoms. The van der Waals surface area contributed by atoms with Crippen molar-refractivity contribution in [2.24, 2.45) is 17.8 Å². The normalized spacial score (nSPS) is 32.1. The molecule has 4 aliphatic rings. The number of fused-ring (bicyclic) bond motifs is 1. The molecular formula is C19H22N4. The molecule has 4 bridgehead atoms. The zero-order chi connectivity index (χ0) is 15.2. The summed E-state index contributed by atoms with van der Waals surface area (Å²) < 4.78 is 0. The lowest BCUT2D eigenvalue weighted by atomic mass is 9.68. The van der Waals surface area contributed by atoms with Crippen LogP contribution in [0.25, 0.3) is 11.3 Å². The number of benzene rings is 1. The molecule has 118 valence electrons. The van der Waals surface area contributed by atoms with Gasteiger partial charge in [0.25, 0.3) is 0 Å². The molecule has 1 aromatic heterocycles. The van der Waals surface area contributed by atoms with Gasteiger partial charge in [0.1, 0.15) is 0 Å². The Morgan fingerprint density at radius 3 is 2.39 bits per heavy atom. The highest BCUT2D eigenvalue weighted by Crippen LogP contribution is 2.48. The van der Waals surface area contributed by atoms with Crippen molar-refractivity contribution < 1.29 is 0 Å². The van der Waals surface area contributed by atoms with E-state index in [4.69, 9.17) is 4.98 Å². The molecule has 4 atom stereocenters. The first-order valence-electron chi connectivity index (χ1n) is 8.87. The van der Waals surface area contributed by atoms with Gasteiger partial charge in [-0.25, -0.2) is 4.98 Å². The highest BCUT2D eigenvalue weighted by Gasteiger charge is 2.43. The van der Waals surface area contributed by atoms with Gasteiger partial charge < -0.3 is 4.90 Å². The first-order chi connectivity index (χ1) is 11.3. The maximum Gasteiger partial charge on any atom is 0.246 e. The molecule has 2 aromatic rings. The van der Waals surface area contributed by atoms with Gasteiger partial charge in [-0.2, -0.15) is 5.10 Å². The Bertz CT molecular complexity index is 688. The third kappa shape index (κ3) is 2.41. The van der Waals surface area contributed by atoms with Gasteiger partial charge in [-0.05, 0) is 49.9 Å². The number of aromatic nitrogens is 3. The minimum atomic E-state index is 0.624. The van der Waals surface area contributed by atoms with Gasteiger partial charge in [-0.1, -0.05) is 30.3 Å². The largest absolute Gasteiger partial charge is 0.336 e. The molecule has 2 aliphatic heterocycles. The highest BCUT2D eigenvalue weighted by molar-refractivity contribution is 5.59.